The first kappa shape index (κ1) is 23.4. The summed E-state index contributed by atoms with van der Waals surface area (Å²) in [5.41, 5.74) is 2.28. The zero-order valence-corrected chi connectivity index (χ0v) is 19.5. The van der Waals surface area contributed by atoms with Crippen LogP contribution in [0.4, 0.5) is 5.69 Å². The van der Waals surface area contributed by atoms with Gasteiger partial charge in [-0.3, -0.25) is 14.5 Å². The molecule has 2 N–H and O–H groups in total. The van der Waals surface area contributed by atoms with E-state index in [0.29, 0.717) is 30.9 Å². The number of nitrogens with zero attached hydrogens (tertiary/aromatic N) is 1. The minimum atomic E-state index is -0.187. The fraction of sp³-hybridized carbons (Fsp3) is 0.417. The molecule has 1 unspecified atom stereocenters. The third kappa shape index (κ3) is 7.16. The highest BCUT2D eigenvalue weighted by Crippen LogP contribution is 2.22. The van der Waals surface area contributed by atoms with Crippen molar-refractivity contribution in [2.24, 2.45) is 5.92 Å². The van der Waals surface area contributed by atoms with E-state index in [1.165, 1.54) is 5.56 Å². The van der Waals surface area contributed by atoms with E-state index in [1.807, 2.05) is 18.2 Å². The number of nitrogens with one attached hydrogen (secondary N) is 2. The Labute approximate surface area is 192 Å². The molecule has 7 heteroatoms. The first-order valence-electron chi connectivity index (χ1n) is 10.7. The molecule has 166 valence electrons. The SMILES string of the molecule is COCCCNC(=O)c1ccccc1NC(=O)C1CCCN(Cc2ccc(Br)cc2)C1. The summed E-state index contributed by atoms with van der Waals surface area (Å²) >= 11 is 3.47. The molecule has 0 spiro atoms. The zero-order valence-electron chi connectivity index (χ0n) is 17.9. The highest BCUT2D eigenvalue weighted by atomic mass is 79.9. The lowest BCUT2D eigenvalue weighted by Crippen LogP contribution is -2.40. The molecule has 1 fully saturated rings. The number of rotatable bonds is 9. The third-order valence-electron chi connectivity index (χ3n) is 5.44. The average molecular weight is 488 g/mol. The van der Waals surface area contributed by atoms with Crippen molar-refractivity contribution in [1.29, 1.82) is 0 Å². The van der Waals surface area contributed by atoms with Gasteiger partial charge in [-0.1, -0.05) is 40.2 Å². The molecule has 2 aromatic rings. The third-order valence-corrected chi connectivity index (χ3v) is 5.96. The zero-order chi connectivity index (χ0) is 22.1. The fourth-order valence-electron chi connectivity index (χ4n) is 3.80. The summed E-state index contributed by atoms with van der Waals surface area (Å²) in [5, 5.41) is 5.88. The van der Waals surface area contributed by atoms with Crippen molar-refractivity contribution in [2.45, 2.75) is 25.8 Å². The number of halogens is 1. The molecule has 1 atom stereocenters. The van der Waals surface area contributed by atoms with Crippen LogP contribution in [0.25, 0.3) is 0 Å². The summed E-state index contributed by atoms with van der Waals surface area (Å²) in [7, 11) is 1.64. The fourth-order valence-corrected chi connectivity index (χ4v) is 4.06. The number of anilines is 1. The van der Waals surface area contributed by atoms with Gasteiger partial charge in [0.05, 0.1) is 17.2 Å². The summed E-state index contributed by atoms with van der Waals surface area (Å²) < 4.78 is 6.07. The van der Waals surface area contributed by atoms with Gasteiger partial charge < -0.3 is 15.4 Å². The van der Waals surface area contributed by atoms with Crippen LogP contribution in [0.5, 0.6) is 0 Å². The Morgan fingerprint density at radius 2 is 1.94 bits per heavy atom. The number of hydrogen-bond acceptors (Lipinski definition) is 4. The Hall–Kier alpha value is -2.22. The standard InChI is InChI=1S/C24H30BrN3O3/c1-31-15-5-13-26-24(30)21-7-2-3-8-22(21)27-23(29)19-6-4-14-28(17-19)16-18-9-11-20(25)12-10-18/h2-3,7-12,19H,4-6,13-17H2,1H3,(H,26,30)(H,27,29). The van der Waals surface area contributed by atoms with Crippen LogP contribution in [0.15, 0.2) is 53.0 Å². The molecule has 2 amide bonds. The first-order chi connectivity index (χ1) is 15.1. The average Bonchev–Trinajstić information content (AvgIpc) is 2.79. The highest BCUT2D eigenvalue weighted by Gasteiger charge is 2.26. The molecule has 0 bridgehead atoms. The van der Waals surface area contributed by atoms with Gasteiger partial charge in [0.2, 0.25) is 5.91 Å². The Balaban J connectivity index is 1.58. The quantitative estimate of drug-likeness (QED) is 0.523. The molecule has 1 aliphatic rings. The van der Waals surface area contributed by atoms with E-state index in [0.717, 1.165) is 36.8 Å². The van der Waals surface area contributed by atoms with Crippen molar-refractivity contribution in [3.05, 3.63) is 64.1 Å². The minimum absolute atomic E-state index is 0.0276. The number of carbonyl (C=O) groups excluding carboxylic acids is 2. The predicted octanol–water partition coefficient (Wildman–Crippen LogP) is 4.07. The number of para-hydroxylation sites is 1. The number of benzene rings is 2. The highest BCUT2D eigenvalue weighted by molar-refractivity contribution is 9.10. The van der Waals surface area contributed by atoms with Crippen molar-refractivity contribution in [1.82, 2.24) is 10.2 Å². The molecule has 0 aromatic heterocycles. The molecule has 1 aliphatic heterocycles. The number of carbonyl (C=O) groups is 2. The van der Waals surface area contributed by atoms with Crippen LogP contribution in [0.1, 0.15) is 35.2 Å². The van der Waals surface area contributed by atoms with E-state index in [1.54, 1.807) is 25.3 Å². The minimum Gasteiger partial charge on any atom is -0.385 e. The number of methoxy groups -OCH3 is 1. The maximum absolute atomic E-state index is 13.0. The van der Waals surface area contributed by atoms with E-state index in [9.17, 15) is 9.59 Å². The van der Waals surface area contributed by atoms with Crippen molar-refractivity contribution in [3.63, 3.8) is 0 Å². The molecule has 1 saturated heterocycles. The Kier molecular flexibility index (Phi) is 9.06. The van der Waals surface area contributed by atoms with E-state index in [4.69, 9.17) is 4.74 Å². The van der Waals surface area contributed by atoms with Crippen LogP contribution in [0, 0.1) is 5.92 Å². The monoisotopic (exact) mass is 487 g/mol. The van der Waals surface area contributed by atoms with Gasteiger partial charge in [0.1, 0.15) is 0 Å². The van der Waals surface area contributed by atoms with Crippen LogP contribution in [-0.4, -0.2) is 50.1 Å². The second-order valence-corrected chi connectivity index (χ2v) is 8.75. The van der Waals surface area contributed by atoms with Gasteiger partial charge in [-0.25, -0.2) is 0 Å². The maximum Gasteiger partial charge on any atom is 0.253 e. The summed E-state index contributed by atoms with van der Waals surface area (Å²) in [6, 6.07) is 15.5. The molecule has 1 heterocycles. The Bertz CT molecular complexity index is 873. The van der Waals surface area contributed by atoms with E-state index < -0.39 is 0 Å². The Morgan fingerprint density at radius 1 is 1.16 bits per heavy atom. The lowest BCUT2D eigenvalue weighted by molar-refractivity contribution is -0.121. The summed E-state index contributed by atoms with van der Waals surface area (Å²) in [6.07, 6.45) is 2.58. The smallest absolute Gasteiger partial charge is 0.253 e. The Morgan fingerprint density at radius 3 is 2.71 bits per heavy atom. The van der Waals surface area contributed by atoms with Crippen LogP contribution in [-0.2, 0) is 16.1 Å². The molecule has 0 saturated carbocycles. The molecule has 0 aliphatic carbocycles. The van der Waals surface area contributed by atoms with E-state index >= 15 is 0 Å². The van der Waals surface area contributed by atoms with Gasteiger partial charge in [-0.2, -0.15) is 0 Å². The van der Waals surface area contributed by atoms with Crippen LogP contribution >= 0.6 is 15.9 Å². The lowest BCUT2D eigenvalue weighted by atomic mass is 9.96. The van der Waals surface area contributed by atoms with Gasteiger partial charge in [0.15, 0.2) is 0 Å². The lowest BCUT2D eigenvalue weighted by Gasteiger charge is -2.32. The van der Waals surface area contributed by atoms with E-state index in [2.05, 4.69) is 43.6 Å². The largest absolute Gasteiger partial charge is 0.385 e. The van der Waals surface area contributed by atoms with Gasteiger partial charge in [0.25, 0.3) is 5.91 Å². The van der Waals surface area contributed by atoms with Gasteiger partial charge in [-0.15, -0.1) is 0 Å². The molecular formula is C24H30BrN3O3. The normalized spacial score (nSPS) is 16.6. The first-order valence-corrected chi connectivity index (χ1v) is 11.5. The predicted molar refractivity (Wildman–Crippen MR) is 126 cm³/mol. The van der Waals surface area contributed by atoms with Gasteiger partial charge >= 0.3 is 0 Å². The number of hydrogen-bond donors (Lipinski definition) is 2. The van der Waals surface area contributed by atoms with Crippen LogP contribution < -0.4 is 10.6 Å². The molecule has 31 heavy (non-hydrogen) atoms. The molecule has 3 rings (SSSR count). The number of likely N-dealkylation sites (tertiary alicyclic amines) is 1. The summed E-state index contributed by atoms with van der Waals surface area (Å²) in [6.45, 7) is 3.66. The number of ether oxygens (including phenoxy) is 1. The summed E-state index contributed by atoms with van der Waals surface area (Å²) in [4.78, 5) is 27.9. The second-order valence-electron chi connectivity index (χ2n) is 7.84. The molecular weight excluding hydrogens is 458 g/mol. The van der Waals surface area contributed by atoms with Crippen molar-refractivity contribution in [3.8, 4) is 0 Å². The molecule has 2 aromatic carbocycles. The van der Waals surface area contributed by atoms with Crippen LogP contribution in [0.2, 0.25) is 0 Å². The van der Waals surface area contributed by atoms with Gasteiger partial charge in [0, 0.05) is 37.8 Å². The van der Waals surface area contributed by atoms with Gasteiger partial charge in [-0.05, 0) is 55.6 Å². The second kappa shape index (κ2) is 12.0. The van der Waals surface area contributed by atoms with E-state index in [-0.39, 0.29) is 17.7 Å². The molecule has 6 nitrogen and oxygen atoms in total. The number of piperidine rings is 1. The van der Waals surface area contributed by atoms with Crippen molar-refractivity contribution >= 4 is 33.4 Å². The number of amides is 2. The summed E-state index contributed by atoms with van der Waals surface area (Å²) in [5.74, 6) is -0.310. The molecule has 0 radical (unpaired) electrons. The van der Waals surface area contributed by atoms with Crippen LogP contribution in [0.3, 0.4) is 0 Å². The van der Waals surface area contributed by atoms with Crippen molar-refractivity contribution < 1.29 is 14.3 Å². The maximum atomic E-state index is 13.0. The topological polar surface area (TPSA) is 70.7 Å². The van der Waals surface area contributed by atoms with Crippen molar-refractivity contribution in [2.75, 3.05) is 38.7 Å².